The van der Waals surface area contributed by atoms with Crippen molar-refractivity contribution in [2.75, 3.05) is 18.4 Å². The molecule has 1 saturated heterocycles. The van der Waals surface area contributed by atoms with Crippen LogP contribution in [0, 0.1) is 13.8 Å². The second-order valence-corrected chi connectivity index (χ2v) is 7.29. The summed E-state index contributed by atoms with van der Waals surface area (Å²) in [6.45, 7) is 5.37. The topological polar surface area (TPSA) is 90.5 Å². The van der Waals surface area contributed by atoms with E-state index in [-0.39, 0.29) is 18.4 Å². The number of aryl methyl sites for hydroxylation is 2. The SMILES string of the molecule is Cc1ccc(NCC(=O)NNC(=O)c2ccc(CN3CCCC3=O)cc2)c(C)c1. The lowest BCUT2D eigenvalue weighted by Crippen LogP contribution is -2.44. The molecule has 0 aromatic heterocycles. The van der Waals surface area contributed by atoms with Gasteiger partial charge in [0.2, 0.25) is 5.91 Å². The molecule has 152 valence electrons. The second kappa shape index (κ2) is 9.23. The summed E-state index contributed by atoms with van der Waals surface area (Å²) in [4.78, 5) is 37.7. The Kier molecular flexibility index (Phi) is 6.49. The second-order valence-electron chi connectivity index (χ2n) is 7.29. The maximum Gasteiger partial charge on any atom is 0.269 e. The van der Waals surface area contributed by atoms with E-state index in [0.717, 1.165) is 35.3 Å². The standard InChI is InChI=1S/C22H26N4O3/c1-15-5-10-19(16(2)12-15)23-13-20(27)24-25-22(29)18-8-6-17(7-9-18)14-26-11-3-4-21(26)28/h5-10,12,23H,3-4,11,13-14H2,1-2H3,(H,24,27)(H,25,29). The molecule has 0 unspecified atom stereocenters. The molecular formula is C22H26N4O3. The smallest absolute Gasteiger partial charge is 0.269 e. The molecule has 1 aliphatic heterocycles. The molecule has 3 N–H and O–H groups in total. The van der Waals surface area contributed by atoms with Gasteiger partial charge in [-0.2, -0.15) is 0 Å². The van der Waals surface area contributed by atoms with Crippen LogP contribution < -0.4 is 16.2 Å². The Morgan fingerprint density at radius 2 is 1.79 bits per heavy atom. The Balaban J connectivity index is 1.44. The van der Waals surface area contributed by atoms with E-state index in [1.54, 1.807) is 12.1 Å². The van der Waals surface area contributed by atoms with Gasteiger partial charge in [-0.25, -0.2) is 0 Å². The lowest BCUT2D eigenvalue weighted by atomic mass is 10.1. The number of likely N-dealkylation sites (tertiary alicyclic amines) is 1. The fourth-order valence-corrected chi connectivity index (χ4v) is 3.28. The number of nitrogens with zero attached hydrogens (tertiary/aromatic N) is 1. The number of amides is 3. The van der Waals surface area contributed by atoms with Crippen molar-refractivity contribution in [3.05, 3.63) is 64.7 Å². The first kappa shape index (κ1) is 20.4. The van der Waals surface area contributed by atoms with Crippen molar-refractivity contribution in [3.63, 3.8) is 0 Å². The average Bonchev–Trinajstić information content (AvgIpc) is 3.10. The van der Waals surface area contributed by atoms with Gasteiger partial charge in [0.05, 0.1) is 6.54 Å². The Labute approximate surface area is 170 Å². The average molecular weight is 394 g/mol. The van der Waals surface area contributed by atoms with E-state index in [0.29, 0.717) is 18.5 Å². The minimum Gasteiger partial charge on any atom is -0.376 e. The first-order chi connectivity index (χ1) is 13.9. The zero-order chi connectivity index (χ0) is 20.8. The highest BCUT2D eigenvalue weighted by Crippen LogP contribution is 2.16. The van der Waals surface area contributed by atoms with Crippen LogP contribution in [-0.4, -0.2) is 35.7 Å². The lowest BCUT2D eigenvalue weighted by molar-refractivity contribution is -0.128. The first-order valence-corrected chi connectivity index (χ1v) is 9.69. The third kappa shape index (κ3) is 5.57. The molecule has 2 aromatic rings. The van der Waals surface area contributed by atoms with E-state index in [1.807, 2.05) is 49.1 Å². The highest BCUT2D eigenvalue weighted by atomic mass is 16.2. The van der Waals surface area contributed by atoms with Crippen molar-refractivity contribution in [2.45, 2.75) is 33.2 Å². The van der Waals surface area contributed by atoms with Crippen molar-refractivity contribution < 1.29 is 14.4 Å². The highest BCUT2D eigenvalue weighted by molar-refractivity contribution is 5.95. The summed E-state index contributed by atoms with van der Waals surface area (Å²) in [6, 6.07) is 12.9. The van der Waals surface area contributed by atoms with E-state index < -0.39 is 5.91 Å². The van der Waals surface area contributed by atoms with Crippen LogP contribution in [0.2, 0.25) is 0 Å². The fraction of sp³-hybridized carbons (Fsp3) is 0.318. The molecule has 3 amide bonds. The van der Waals surface area contributed by atoms with E-state index in [1.165, 1.54) is 0 Å². The summed E-state index contributed by atoms with van der Waals surface area (Å²) in [5, 5.41) is 3.05. The number of rotatable bonds is 6. The largest absolute Gasteiger partial charge is 0.376 e. The number of anilines is 1. The predicted molar refractivity (Wildman–Crippen MR) is 111 cm³/mol. The molecule has 29 heavy (non-hydrogen) atoms. The molecule has 0 bridgehead atoms. The van der Waals surface area contributed by atoms with Crippen molar-refractivity contribution >= 4 is 23.4 Å². The van der Waals surface area contributed by atoms with Crippen LogP contribution in [0.15, 0.2) is 42.5 Å². The van der Waals surface area contributed by atoms with Crippen LogP contribution >= 0.6 is 0 Å². The van der Waals surface area contributed by atoms with Gasteiger partial charge in [0.1, 0.15) is 0 Å². The van der Waals surface area contributed by atoms with Crippen molar-refractivity contribution in [2.24, 2.45) is 0 Å². The van der Waals surface area contributed by atoms with Gasteiger partial charge in [-0.05, 0) is 49.6 Å². The third-order valence-corrected chi connectivity index (χ3v) is 4.90. The number of carbonyl (C=O) groups is 3. The molecule has 0 radical (unpaired) electrons. The molecule has 0 atom stereocenters. The summed E-state index contributed by atoms with van der Waals surface area (Å²) in [5.41, 5.74) is 9.32. The number of hydrogen-bond donors (Lipinski definition) is 3. The molecule has 7 nitrogen and oxygen atoms in total. The van der Waals surface area contributed by atoms with Crippen LogP contribution in [0.3, 0.4) is 0 Å². The summed E-state index contributed by atoms with van der Waals surface area (Å²) in [7, 11) is 0. The van der Waals surface area contributed by atoms with Crippen LogP contribution in [-0.2, 0) is 16.1 Å². The zero-order valence-corrected chi connectivity index (χ0v) is 16.7. The summed E-state index contributed by atoms with van der Waals surface area (Å²) < 4.78 is 0. The maximum atomic E-state index is 12.2. The molecule has 0 aliphatic carbocycles. The van der Waals surface area contributed by atoms with Crippen molar-refractivity contribution in [3.8, 4) is 0 Å². The predicted octanol–water partition coefficient (Wildman–Crippen LogP) is 2.30. The molecule has 2 aromatic carbocycles. The van der Waals surface area contributed by atoms with Gasteiger partial charge in [0.25, 0.3) is 11.8 Å². The molecule has 7 heteroatoms. The Morgan fingerprint density at radius 3 is 2.45 bits per heavy atom. The van der Waals surface area contributed by atoms with Gasteiger partial charge < -0.3 is 10.2 Å². The molecule has 0 spiro atoms. The quantitative estimate of drug-likeness (QED) is 0.656. The molecule has 0 saturated carbocycles. The molecule has 3 rings (SSSR count). The number of nitrogens with one attached hydrogen (secondary N) is 3. The van der Waals surface area contributed by atoms with E-state index >= 15 is 0 Å². The highest BCUT2D eigenvalue weighted by Gasteiger charge is 2.20. The normalized spacial score (nSPS) is 13.3. The van der Waals surface area contributed by atoms with Crippen LogP contribution in [0.25, 0.3) is 0 Å². The number of carbonyl (C=O) groups excluding carboxylic acids is 3. The summed E-state index contributed by atoms with van der Waals surface area (Å²) in [5.74, 6) is -0.569. The van der Waals surface area contributed by atoms with Crippen LogP contribution in [0.4, 0.5) is 5.69 Å². The Hall–Kier alpha value is -3.35. The number of benzene rings is 2. The third-order valence-electron chi connectivity index (χ3n) is 4.90. The Morgan fingerprint density at radius 1 is 1.03 bits per heavy atom. The monoisotopic (exact) mass is 394 g/mol. The van der Waals surface area contributed by atoms with Gasteiger partial charge >= 0.3 is 0 Å². The maximum absolute atomic E-state index is 12.2. The van der Waals surface area contributed by atoms with Gasteiger partial charge in [-0.3, -0.25) is 25.2 Å². The lowest BCUT2D eigenvalue weighted by Gasteiger charge is -2.15. The van der Waals surface area contributed by atoms with E-state index in [2.05, 4.69) is 16.2 Å². The Bertz CT molecular complexity index is 909. The molecule has 1 fully saturated rings. The summed E-state index contributed by atoms with van der Waals surface area (Å²) in [6.07, 6.45) is 1.51. The first-order valence-electron chi connectivity index (χ1n) is 9.69. The minimum atomic E-state index is -0.395. The zero-order valence-electron chi connectivity index (χ0n) is 16.7. The van der Waals surface area contributed by atoms with Gasteiger partial charge in [-0.15, -0.1) is 0 Å². The van der Waals surface area contributed by atoms with Crippen LogP contribution in [0.1, 0.15) is 39.9 Å². The summed E-state index contributed by atoms with van der Waals surface area (Å²) >= 11 is 0. The van der Waals surface area contributed by atoms with E-state index in [9.17, 15) is 14.4 Å². The van der Waals surface area contributed by atoms with Crippen molar-refractivity contribution in [1.82, 2.24) is 15.8 Å². The van der Waals surface area contributed by atoms with Gasteiger partial charge in [0, 0.05) is 30.8 Å². The van der Waals surface area contributed by atoms with Gasteiger partial charge in [-0.1, -0.05) is 29.8 Å². The molecule has 1 aliphatic rings. The number of hydrogen-bond acceptors (Lipinski definition) is 4. The molecule has 1 heterocycles. The van der Waals surface area contributed by atoms with Crippen LogP contribution in [0.5, 0.6) is 0 Å². The minimum absolute atomic E-state index is 0.0486. The van der Waals surface area contributed by atoms with E-state index in [4.69, 9.17) is 0 Å². The molecular weight excluding hydrogens is 368 g/mol. The van der Waals surface area contributed by atoms with Crippen molar-refractivity contribution in [1.29, 1.82) is 0 Å². The van der Waals surface area contributed by atoms with Gasteiger partial charge in [0.15, 0.2) is 0 Å². The number of hydrazine groups is 1. The fourth-order valence-electron chi connectivity index (χ4n) is 3.28.